The van der Waals surface area contributed by atoms with E-state index in [1.54, 1.807) is 26.0 Å². The number of ether oxygens (including phenoxy) is 1. The fraction of sp³-hybridized carbons (Fsp3) is 0.500. The van der Waals surface area contributed by atoms with Crippen LogP contribution in [0.1, 0.15) is 39.5 Å². The second-order valence-corrected chi connectivity index (χ2v) is 12.0. The van der Waals surface area contributed by atoms with Crippen molar-refractivity contribution in [2.45, 2.75) is 68.2 Å². The van der Waals surface area contributed by atoms with E-state index in [2.05, 4.69) is 20.2 Å². The van der Waals surface area contributed by atoms with Crippen molar-refractivity contribution in [3.8, 4) is 5.88 Å². The van der Waals surface area contributed by atoms with Crippen LogP contribution >= 0.6 is 23.2 Å². The van der Waals surface area contributed by atoms with Gasteiger partial charge in [-0.2, -0.15) is 0 Å². The minimum atomic E-state index is -3.29. The molecule has 11 heteroatoms. The summed E-state index contributed by atoms with van der Waals surface area (Å²) in [7, 11) is -3.29. The van der Waals surface area contributed by atoms with Gasteiger partial charge >= 0.3 is 0 Å². The number of hydrogen-bond donors (Lipinski definition) is 1. The molecule has 2 saturated heterocycles. The molecule has 1 amide bonds. The normalized spacial score (nSPS) is 22.8. The smallest absolute Gasteiger partial charge is 0.263 e. The molecule has 8 nitrogen and oxygen atoms in total. The number of carbonyl (C=O) groups is 1. The number of hydrogen-bond acceptors (Lipinski definition) is 7. The summed E-state index contributed by atoms with van der Waals surface area (Å²) in [5.41, 5.74) is -1.18. The Balaban J connectivity index is 1.41. The quantitative estimate of drug-likeness (QED) is 0.629. The molecule has 0 radical (unpaired) electrons. The minimum absolute atomic E-state index is 0.00179. The van der Waals surface area contributed by atoms with E-state index in [4.69, 9.17) is 27.9 Å². The number of sulfone groups is 1. The van der Waals surface area contributed by atoms with Gasteiger partial charge < -0.3 is 15.0 Å². The van der Waals surface area contributed by atoms with Crippen molar-refractivity contribution in [2.24, 2.45) is 0 Å². The number of piperidine rings is 1. The van der Waals surface area contributed by atoms with Crippen LogP contribution in [0.5, 0.6) is 5.88 Å². The van der Waals surface area contributed by atoms with Crippen LogP contribution in [0.2, 0.25) is 10.0 Å². The predicted octanol–water partition coefficient (Wildman–Crippen LogP) is 3.66. The van der Waals surface area contributed by atoms with Gasteiger partial charge in [0.25, 0.3) is 5.91 Å². The number of rotatable bonds is 6. The lowest BCUT2D eigenvalue weighted by molar-refractivity contribution is -0.135. The first kappa shape index (κ1) is 24.0. The second-order valence-electron chi connectivity index (χ2n) is 9.11. The first-order valence-electron chi connectivity index (χ1n) is 10.7. The van der Waals surface area contributed by atoms with E-state index in [-0.39, 0.29) is 39.8 Å². The van der Waals surface area contributed by atoms with Gasteiger partial charge in [-0.15, -0.1) is 0 Å². The standard InChI is InChI=1S/C22H26Cl2N4O4S/c1-22(2,32-20-18(24)8-13(23)11-26-20)21(29)27-14-9-15-4-5-16(10-14)28(15)19-7-6-17(12-25-19)33(3,30)31/h6-8,11-12,14-16H,4-5,9-10H2,1-3H3,(H,27,29)/t14-,15+,16-. The van der Waals surface area contributed by atoms with E-state index in [0.29, 0.717) is 5.02 Å². The van der Waals surface area contributed by atoms with Gasteiger partial charge in [0.1, 0.15) is 10.8 Å². The van der Waals surface area contributed by atoms with Gasteiger partial charge in [0.05, 0.1) is 9.92 Å². The molecule has 0 spiro atoms. The van der Waals surface area contributed by atoms with Crippen molar-refractivity contribution in [1.29, 1.82) is 0 Å². The zero-order chi connectivity index (χ0) is 24.0. The molecule has 0 aliphatic carbocycles. The van der Waals surface area contributed by atoms with Gasteiger partial charge in [0.15, 0.2) is 15.4 Å². The number of nitrogens with zero attached hydrogens (tertiary/aromatic N) is 3. The molecule has 4 rings (SSSR count). The van der Waals surface area contributed by atoms with Crippen molar-refractivity contribution in [3.05, 3.63) is 40.6 Å². The minimum Gasteiger partial charge on any atom is -0.460 e. The Morgan fingerprint density at radius 2 is 1.82 bits per heavy atom. The Morgan fingerprint density at radius 1 is 1.15 bits per heavy atom. The highest BCUT2D eigenvalue weighted by molar-refractivity contribution is 7.90. The van der Waals surface area contributed by atoms with Crippen LogP contribution in [0.4, 0.5) is 5.82 Å². The highest BCUT2D eigenvalue weighted by Crippen LogP contribution is 2.39. The maximum atomic E-state index is 13.0. The molecule has 0 aromatic carbocycles. The number of carbonyl (C=O) groups excluding carboxylic acids is 1. The molecule has 2 aromatic heterocycles. The monoisotopic (exact) mass is 512 g/mol. The average molecular weight is 513 g/mol. The summed E-state index contributed by atoms with van der Waals surface area (Å²) >= 11 is 12.0. The van der Waals surface area contributed by atoms with E-state index < -0.39 is 15.4 Å². The van der Waals surface area contributed by atoms with Crippen LogP contribution in [0.3, 0.4) is 0 Å². The lowest BCUT2D eigenvalue weighted by Crippen LogP contribution is -2.55. The summed E-state index contributed by atoms with van der Waals surface area (Å²) < 4.78 is 29.2. The largest absolute Gasteiger partial charge is 0.460 e. The van der Waals surface area contributed by atoms with E-state index in [0.717, 1.165) is 31.5 Å². The van der Waals surface area contributed by atoms with Crippen molar-refractivity contribution in [2.75, 3.05) is 11.2 Å². The molecule has 2 aliphatic heterocycles. The van der Waals surface area contributed by atoms with Crippen LogP contribution in [-0.4, -0.2) is 54.3 Å². The molecule has 2 bridgehead atoms. The number of pyridine rings is 2. The molecule has 2 fully saturated rings. The van der Waals surface area contributed by atoms with Gasteiger partial charge in [-0.3, -0.25) is 4.79 Å². The van der Waals surface area contributed by atoms with Crippen molar-refractivity contribution < 1.29 is 17.9 Å². The summed E-state index contributed by atoms with van der Waals surface area (Å²) in [5, 5.41) is 3.75. The maximum Gasteiger partial charge on any atom is 0.263 e. The fourth-order valence-corrected chi connectivity index (χ4v) is 5.52. The van der Waals surface area contributed by atoms with Gasteiger partial charge in [-0.25, -0.2) is 18.4 Å². The number of fused-ring (bicyclic) bond motifs is 2. The summed E-state index contributed by atoms with van der Waals surface area (Å²) in [5.74, 6) is 0.676. The van der Waals surface area contributed by atoms with Crippen LogP contribution in [-0.2, 0) is 14.6 Å². The van der Waals surface area contributed by atoms with Crippen LogP contribution in [0, 0.1) is 0 Å². The Labute approximate surface area is 203 Å². The average Bonchev–Trinajstić information content (AvgIpc) is 3.00. The van der Waals surface area contributed by atoms with E-state index in [1.807, 2.05) is 0 Å². The summed E-state index contributed by atoms with van der Waals surface area (Å²) in [6.45, 7) is 3.35. The lowest BCUT2D eigenvalue weighted by atomic mass is 9.96. The van der Waals surface area contributed by atoms with Crippen LogP contribution in [0.25, 0.3) is 0 Å². The summed E-state index contributed by atoms with van der Waals surface area (Å²) in [4.78, 5) is 24.0. The van der Waals surface area contributed by atoms with E-state index in [1.165, 1.54) is 24.7 Å². The lowest BCUT2D eigenvalue weighted by Gasteiger charge is -2.40. The molecule has 4 heterocycles. The molecule has 2 aliphatic rings. The second kappa shape index (κ2) is 8.92. The number of anilines is 1. The third-order valence-electron chi connectivity index (χ3n) is 6.15. The Morgan fingerprint density at radius 3 is 2.36 bits per heavy atom. The molecule has 0 saturated carbocycles. The van der Waals surface area contributed by atoms with Gasteiger partial charge in [0.2, 0.25) is 5.88 Å². The molecule has 2 aromatic rings. The van der Waals surface area contributed by atoms with Crippen LogP contribution in [0.15, 0.2) is 35.5 Å². The Hall–Kier alpha value is -2.10. The highest BCUT2D eigenvalue weighted by atomic mass is 35.5. The predicted molar refractivity (Wildman–Crippen MR) is 127 cm³/mol. The van der Waals surface area contributed by atoms with Crippen molar-refractivity contribution in [3.63, 3.8) is 0 Å². The first-order valence-corrected chi connectivity index (χ1v) is 13.3. The zero-order valence-electron chi connectivity index (χ0n) is 18.6. The van der Waals surface area contributed by atoms with Crippen molar-refractivity contribution >= 4 is 44.8 Å². The Kier molecular flexibility index (Phi) is 6.50. The van der Waals surface area contributed by atoms with Gasteiger partial charge in [0, 0.05) is 36.8 Å². The molecule has 178 valence electrons. The number of aromatic nitrogens is 2. The molecular formula is C22H26Cl2N4O4S. The van der Waals surface area contributed by atoms with Crippen LogP contribution < -0.4 is 15.0 Å². The number of halogens is 2. The van der Waals surface area contributed by atoms with E-state index >= 15 is 0 Å². The fourth-order valence-electron chi connectivity index (χ4n) is 4.54. The molecule has 0 unspecified atom stereocenters. The SMILES string of the molecule is CC(C)(Oc1ncc(Cl)cc1Cl)C(=O)N[C@H]1C[C@H]2CC[C@@H](C1)N2c1ccc(S(C)(=O)=O)cn1. The number of nitrogens with one attached hydrogen (secondary N) is 1. The van der Waals surface area contributed by atoms with Gasteiger partial charge in [-0.05, 0) is 57.7 Å². The maximum absolute atomic E-state index is 13.0. The summed E-state index contributed by atoms with van der Waals surface area (Å²) in [6.07, 6.45) is 7.53. The topological polar surface area (TPSA) is 101 Å². The number of amides is 1. The summed E-state index contributed by atoms with van der Waals surface area (Å²) in [6, 6.07) is 5.33. The Bertz CT molecular complexity index is 1140. The van der Waals surface area contributed by atoms with E-state index in [9.17, 15) is 13.2 Å². The van der Waals surface area contributed by atoms with Crippen molar-refractivity contribution in [1.82, 2.24) is 15.3 Å². The molecule has 3 atom stereocenters. The third kappa shape index (κ3) is 5.20. The zero-order valence-corrected chi connectivity index (χ0v) is 20.9. The molecule has 1 N–H and O–H groups in total. The third-order valence-corrected chi connectivity index (χ3v) is 7.73. The first-order chi connectivity index (χ1) is 15.4. The highest BCUT2D eigenvalue weighted by Gasteiger charge is 2.43. The molecule has 33 heavy (non-hydrogen) atoms. The van der Waals surface area contributed by atoms with Gasteiger partial charge in [-0.1, -0.05) is 23.2 Å². The molecular weight excluding hydrogens is 487 g/mol.